The minimum Gasteiger partial charge on any atom is -0.377 e. The molecule has 0 unspecified atom stereocenters. The second-order valence-electron chi connectivity index (χ2n) is 5.18. The zero-order chi connectivity index (χ0) is 14.7. The molecule has 1 heterocycles. The summed E-state index contributed by atoms with van der Waals surface area (Å²) in [4.78, 5) is 19.4. The van der Waals surface area contributed by atoms with Gasteiger partial charge < -0.3 is 9.72 Å². The lowest BCUT2D eigenvalue weighted by Gasteiger charge is -2.16. The van der Waals surface area contributed by atoms with Gasteiger partial charge in [0.05, 0.1) is 10.9 Å². The monoisotopic (exact) mass is 274 g/mol. The molecule has 0 aliphatic carbocycles. The number of hydrogen-bond acceptors (Lipinski definition) is 3. The molecule has 1 aromatic carbocycles. The lowest BCUT2D eigenvalue weighted by Crippen LogP contribution is -2.13. The van der Waals surface area contributed by atoms with Crippen LogP contribution in [0.25, 0.3) is 10.9 Å². The predicted molar refractivity (Wildman–Crippen MR) is 81.1 cm³/mol. The Morgan fingerprint density at radius 2 is 2.00 bits per heavy atom. The molecule has 108 valence electrons. The zero-order valence-electron chi connectivity index (χ0n) is 12.6. The number of nitrogens with zero attached hydrogens (tertiary/aromatic N) is 1. The number of H-pyrrole nitrogens is 1. The van der Waals surface area contributed by atoms with Gasteiger partial charge in [-0.1, -0.05) is 13.8 Å². The van der Waals surface area contributed by atoms with Gasteiger partial charge in [-0.05, 0) is 48.9 Å². The molecule has 0 radical (unpaired) electrons. The highest BCUT2D eigenvalue weighted by molar-refractivity contribution is 5.79. The quantitative estimate of drug-likeness (QED) is 0.910. The number of methoxy groups -OCH3 is 1. The molecule has 0 fully saturated rings. The predicted octanol–water partition coefficient (Wildman–Crippen LogP) is 3.28. The SMILES string of the molecule is CCC(CC)c1cc2c(=O)[nH]c(COC)nc2cc1C. The van der Waals surface area contributed by atoms with Crippen molar-refractivity contribution in [1.29, 1.82) is 0 Å². The molecular weight excluding hydrogens is 252 g/mol. The standard InChI is InChI=1S/C16H22N2O2/c1-5-11(6-2)12-8-13-14(7-10(12)3)17-15(9-20-4)18-16(13)19/h7-8,11H,5-6,9H2,1-4H3,(H,17,18,19). The number of aromatic nitrogens is 2. The molecule has 20 heavy (non-hydrogen) atoms. The first kappa shape index (κ1) is 14.7. The molecule has 1 N–H and O–H groups in total. The molecule has 4 heteroatoms. The summed E-state index contributed by atoms with van der Waals surface area (Å²) in [6, 6.07) is 4.02. The fourth-order valence-corrected chi connectivity index (χ4v) is 2.73. The van der Waals surface area contributed by atoms with Crippen molar-refractivity contribution in [3.8, 4) is 0 Å². The van der Waals surface area contributed by atoms with E-state index in [1.807, 2.05) is 12.1 Å². The van der Waals surface area contributed by atoms with Crippen molar-refractivity contribution < 1.29 is 4.74 Å². The molecule has 4 nitrogen and oxygen atoms in total. The maximum atomic E-state index is 12.2. The first-order chi connectivity index (χ1) is 9.60. The smallest absolute Gasteiger partial charge is 0.258 e. The molecular formula is C16H22N2O2. The van der Waals surface area contributed by atoms with Crippen LogP contribution in [0.4, 0.5) is 0 Å². The van der Waals surface area contributed by atoms with Crippen LogP contribution in [-0.2, 0) is 11.3 Å². The third kappa shape index (κ3) is 2.75. The maximum absolute atomic E-state index is 12.2. The fourth-order valence-electron chi connectivity index (χ4n) is 2.73. The van der Waals surface area contributed by atoms with Crippen LogP contribution in [0.3, 0.4) is 0 Å². The van der Waals surface area contributed by atoms with Crippen LogP contribution in [0.5, 0.6) is 0 Å². The fraction of sp³-hybridized carbons (Fsp3) is 0.500. The second-order valence-corrected chi connectivity index (χ2v) is 5.18. The van der Waals surface area contributed by atoms with E-state index in [0.29, 0.717) is 23.7 Å². The van der Waals surface area contributed by atoms with Gasteiger partial charge in [-0.15, -0.1) is 0 Å². The van der Waals surface area contributed by atoms with Gasteiger partial charge in [0.1, 0.15) is 12.4 Å². The molecule has 0 aliphatic heterocycles. The van der Waals surface area contributed by atoms with Gasteiger partial charge in [-0.25, -0.2) is 4.98 Å². The Morgan fingerprint density at radius 3 is 2.60 bits per heavy atom. The number of aryl methyl sites for hydroxylation is 1. The van der Waals surface area contributed by atoms with Crippen LogP contribution in [-0.4, -0.2) is 17.1 Å². The second kappa shape index (κ2) is 6.18. The van der Waals surface area contributed by atoms with Gasteiger partial charge in [0.25, 0.3) is 5.56 Å². The molecule has 0 saturated heterocycles. The molecule has 1 aromatic heterocycles. The molecule has 0 atom stereocenters. The molecule has 0 aliphatic rings. The number of benzene rings is 1. The molecule has 2 rings (SSSR count). The van der Waals surface area contributed by atoms with Crippen molar-refractivity contribution in [3.63, 3.8) is 0 Å². The third-order valence-corrected chi connectivity index (χ3v) is 3.85. The maximum Gasteiger partial charge on any atom is 0.258 e. The summed E-state index contributed by atoms with van der Waals surface area (Å²) in [5.41, 5.74) is 3.12. The number of ether oxygens (including phenoxy) is 1. The highest BCUT2D eigenvalue weighted by Gasteiger charge is 2.13. The number of fused-ring (bicyclic) bond motifs is 1. The van der Waals surface area contributed by atoms with Crippen LogP contribution in [0.1, 0.15) is 49.6 Å². The van der Waals surface area contributed by atoms with Crippen molar-refractivity contribution in [1.82, 2.24) is 9.97 Å². The zero-order valence-corrected chi connectivity index (χ0v) is 12.6. The summed E-state index contributed by atoms with van der Waals surface area (Å²) in [6.07, 6.45) is 2.16. The van der Waals surface area contributed by atoms with Gasteiger partial charge in [0.15, 0.2) is 0 Å². The Morgan fingerprint density at radius 1 is 1.30 bits per heavy atom. The van der Waals surface area contributed by atoms with E-state index in [1.54, 1.807) is 7.11 Å². The average Bonchev–Trinajstić information content (AvgIpc) is 2.41. The summed E-state index contributed by atoms with van der Waals surface area (Å²) in [5.74, 6) is 1.07. The average molecular weight is 274 g/mol. The Kier molecular flexibility index (Phi) is 4.55. The van der Waals surface area contributed by atoms with Crippen molar-refractivity contribution in [2.75, 3.05) is 7.11 Å². The van der Waals surface area contributed by atoms with Crippen molar-refractivity contribution in [2.24, 2.45) is 0 Å². The number of rotatable bonds is 5. The van der Waals surface area contributed by atoms with Crippen molar-refractivity contribution in [3.05, 3.63) is 39.4 Å². The van der Waals surface area contributed by atoms with E-state index < -0.39 is 0 Å². The van der Waals surface area contributed by atoms with Crippen molar-refractivity contribution >= 4 is 10.9 Å². The van der Waals surface area contributed by atoms with Crippen LogP contribution in [0.2, 0.25) is 0 Å². The summed E-state index contributed by atoms with van der Waals surface area (Å²) in [7, 11) is 1.59. The molecule has 0 spiro atoms. The van der Waals surface area contributed by atoms with Gasteiger partial charge >= 0.3 is 0 Å². The van der Waals surface area contributed by atoms with E-state index in [2.05, 4.69) is 30.7 Å². The first-order valence-electron chi connectivity index (χ1n) is 7.13. The number of nitrogens with one attached hydrogen (secondary N) is 1. The van der Waals surface area contributed by atoms with E-state index >= 15 is 0 Å². The first-order valence-corrected chi connectivity index (χ1v) is 7.13. The number of hydrogen-bond donors (Lipinski definition) is 1. The van der Waals surface area contributed by atoms with Crippen LogP contribution < -0.4 is 5.56 Å². The summed E-state index contributed by atoms with van der Waals surface area (Å²) >= 11 is 0. The highest BCUT2D eigenvalue weighted by Crippen LogP contribution is 2.28. The Labute approximate surface area is 119 Å². The Balaban J connectivity index is 2.62. The minimum absolute atomic E-state index is 0.0887. The lowest BCUT2D eigenvalue weighted by molar-refractivity contribution is 0.178. The Hall–Kier alpha value is -1.68. The molecule has 0 amide bonds. The van der Waals surface area contributed by atoms with Gasteiger partial charge in [-0.3, -0.25) is 4.79 Å². The normalized spacial score (nSPS) is 11.4. The Bertz CT molecular complexity index is 657. The number of aromatic amines is 1. The molecule has 0 bridgehead atoms. The van der Waals surface area contributed by atoms with E-state index in [4.69, 9.17) is 4.74 Å². The van der Waals surface area contributed by atoms with Crippen LogP contribution in [0, 0.1) is 6.92 Å². The minimum atomic E-state index is -0.0887. The van der Waals surface area contributed by atoms with Crippen LogP contribution >= 0.6 is 0 Å². The van der Waals surface area contributed by atoms with E-state index in [1.165, 1.54) is 11.1 Å². The lowest BCUT2D eigenvalue weighted by atomic mass is 9.89. The van der Waals surface area contributed by atoms with Crippen molar-refractivity contribution in [2.45, 2.75) is 46.1 Å². The topological polar surface area (TPSA) is 55.0 Å². The summed E-state index contributed by atoms with van der Waals surface area (Å²) in [6.45, 7) is 6.77. The van der Waals surface area contributed by atoms with Crippen LogP contribution in [0.15, 0.2) is 16.9 Å². The van der Waals surface area contributed by atoms with Gasteiger partial charge in [-0.2, -0.15) is 0 Å². The van der Waals surface area contributed by atoms with Gasteiger partial charge in [0, 0.05) is 7.11 Å². The highest BCUT2D eigenvalue weighted by atomic mass is 16.5. The summed E-state index contributed by atoms with van der Waals surface area (Å²) in [5, 5.41) is 0.664. The van der Waals surface area contributed by atoms with Gasteiger partial charge in [0.2, 0.25) is 0 Å². The van der Waals surface area contributed by atoms with E-state index in [0.717, 1.165) is 18.4 Å². The molecule has 2 aromatic rings. The van der Waals surface area contributed by atoms with E-state index in [-0.39, 0.29) is 5.56 Å². The third-order valence-electron chi connectivity index (χ3n) is 3.85. The van der Waals surface area contributed by atoms with E-state index in [9.17, 15) is 4.79 Å². The summed E-state index contributed by atoms with van der Waals surface area (Å²) < 4.78 is 5.03. The molecule has 0 saturated carbocycles. The largest absolute Gasteiger partial charge is 0.377 e.